The van der Waals surface area contributed by atoms with Gasteiger partial charge in [-0.15, -0.1) is 0 Å². The molecule has 0 aliphatic carbocycles. The summed E-state index contributed by atoms with van der Waals surface area (Å²) in [5.74, 6) is -20.3. The predicted octanol–water partition coefficient (Wildman–Crippen LogP) is -7.30. The van der Waals surface area contributed by atoms with Crippen molar-refractivity contribution in [2.24, 2.45) is 97.3 Å². The number of carboxylic acids is 1. The van der Waals surface area contributed by atoms with Gasteiger partial charge in [0.2, 0.25) is 94.5 Å². The highest BCUT2D eigenvalue weighted by Crippen LogP contribution is 2.18. The molecule has 0 saturated heterocycles. The smallest absolute Gasteiger partial charge is 0.326 e. The molecule has 34 N–H and O–H groups in total. The van der Waals surface area contributed by atoms with E-state index in [2.05, 4.69) is 89.7 Å². The molecule has 0 bridgehead atoms. The zero-order valence-electron chi connectivity index (χ0n) is 73.9. The number of nitrogens with zero attached hydrogens (tertiary/aromatic N) is 2. The lowest BCUT2D eigenvalue weighted by Gasteiger charge is -2.31. The summed E-state index contributed by atoms with van der Waals surface area (Å²) in [5.41, 5.74) is 44.4. The summed E-state index contributed by atoms with van der Waals surface area (Å²) < 4.78 is 0. The van der Waals surface area contributed by atoms with Crippen molar-refractivity contribution in [2.75, 3.05) is 52.5 Å². The topological polar surface area (TPSA) is 764 Å². The van der Waals surface area contributed by atoms with E-state index < -0.39 is 247 Å². The van der Waals surface area contributed by atoms with Gasteiger partial charge in [0, 0.05) is 19.5 Å². The van der Waals surface area contributed by atoms with Crippen LogP contribution >= 0.6 is 0 Å². The minimum absolute atomic E-state index is 0.0217. The number of carbonyl (C=O) groups excluding carboxylic acids is 16. The Balaban J connectivity index is 6.75. The van der Waals surface area contributed by atoms with E-state index in [1.54, 1.807) is 96.9 Å². The Morgan fingerprint density at radius 1 is 0.325 bits per heavy atom. The lowest BCUT2D eigenvalue weighted by molar-refractivity contribution is -0.142. The van der Waals surface area contributed by atoms with Crippen molar-refractivity contribution in [3.05, 3.63) is 0 Å². The lowest BCUT2D eigenvalue weighted by atomic mass is 9.94. The highest BCUT2D eigenvalue weighted by Gasteiger charge is 2.41. The Morgan fingerprint density at radius 2 is 0.626 bits per heavy atom. The molecule has 0 aliphatic rings. The Kier molecular flexibility index (Phi) is 54.8. The summed E-state index contributed by atoms with van der Waals surface area (Å²) in [5, 5.41) is 68.4. The number of nitrogens with one attached hydrogen (secondary N) is 15. The standard InChI is InChI=1S/C78H145N25O20/c1-15-43(12)60(73(119)95-51(34-39(4)5)68(114)96-52(37-104)64(110)89-35-55(107)91-47(26-22-32-87-77(83)84)65(111)94-50(76(122)123)25-19-21-31-80)103-75(121)61(44(13)16-2)101-67(113)48(27-23-33-88-78(85)86)92-56(108)36-90-70(116)57(40(6)7)99-74(120)62(45(14)17-3)102-72(118)59(42(10)11)100-71(117)58(41(8)9)98-69(115)53(38-105)97-66(112)49(28-29-54(82)106)93-63(109)46(81)24-18-20-30-79/h39-53,57-62,104-105H,15-38,79-81H2,1-14H3,(H2,82,106)(H,89,110)(H,90,116)(H,91,107)(H,92,108)(H,93,109)(H,94,111)(H,95,119)(H,96,114)(H,97,112)(H,98,115)(H,99,120)(H,100,117)(H,101,113)(H,102,118)(H,103,121)(H,122,123)(H4,83,84,87)(H4,85,86,88)/t43-,44-,45-,46-,47-,48-,49-,50-,51-,52-,53-,57-,58-,59-,60-,61-,62-/m0/s1. The second-order valence-corrected chi connectivity index (χ2v) is 32.2. The van der Waals surface area contributed by atoms with Gasteiger partial charge in [-0.05, 0) is 125 Å². The summed E-state index contributed by atoms with van der Waals surface area (Å²) in [6, 6.07) is -19.7. The number of aliphatic imine (C=N–C) groups is 2. The van der Waals surface area contributed by atoms with Gasteiger partial charge in [0.15, 0.2) is 11.9 Å². The maximum absolute atomic E-state index is 14.6. The van der Waals surface area contributed by atoms with Gasteiger partial charge < -0.3 is 141 Å². The fourth-order valence-corrected chi connectivity index (χ4v) is 12.2. The molecule has 0 saturated carbocycles. The quantitative estimate of drug-likeness (QED) is 0.0153. The Morgan fingerprint density at radius 3 is 1.00 bits per heavy atom. The number of carboxylic acid groups (broad SMARTS) is 1. The van der Waals surface area contributed by atoms with E-state index >= 15 is 0 Å². The first-order valence-corrected chi connectivity index (χ1v) is 42.2. The largest absolute Gasteiger partial charge is 0.480 e. The van der Waals surface area contributed by atoms with Crippen molar-refractivity contribution >= 4 is 112 Å². The second-order valence-electron chi connectivity index (χ2n) is 32.2. The fourth-order valence-electron chi connectivity index (χ4n) is 12.2. The van der Waals surface area contributed by atoms with Crippen molar-refractivity contribution < 1.29 is 96.8 Å². The van der Waals surface area contributed by atoms with Crippen LogP contribution < -0.4 is 126 Å². The Labute approximate surface area is 720 Å². The molecule has 0 radical (unpaired) electrons. The first-order chi connectivity index (χ1) is 57.7. The summed E-state index contributed by atoms with van der Waals surface area (Å²) in [4.78, 5) is 241. The number of aliphatic hydroxyl groups is 2. The average molecular weight is 1750 g/mol. The zero-order chi connectivity index (χ0) is 94.1. The molecule has 17 atom stereocenters. The first kappa shape index (κ1) is 112. The predicted molar refractivity (Wildman–Crippen MR) is 457 cm³/mol. The molecule has 0 unspecified atom stereocenters. The molecule has 0 fully saturated rings. The SMILES string of the molecule is CC[C@H](C)[C@H](NC(=O)[C@H](CCCN=C(N)N)NC(=O)CNC(=O)[C@@H](NC(=O)[C@@H](NC(=O)[C@@H](NC(=O)[C@@H](NC(=O)[C@H](CO)NC(=O)[C@H](CCC(N)=O)NC(=O)[C@@H](N)CCCCN)C(C)C)C(C)C)[C@@H](C)CC)C(C)C)C(=O)N[C@H](C(=O)N[C@@H](CC(C)C)C(=O)N[C@@H](CO)C(=O)NCC(=O)N[C@@H](CCCN=C(N)N)C(=O)N[C@@H](CCCCN)C(=O)O)[C@@H](C)CC. The van der Waals surface area contributed by atoms with Crippen molar-refractivity contribution in [3.8, 4) is 0 Å². The molecule has 45 heteroatoms. The number of aliphatic carboxylic acids is 1. The van der Waals surface area contributed by atoms with Crippen molar-refractivity contribution in [1.29, 1.82) is 0 Å². The van der Waals surface area contributed by atoms with Crippen LogP contribution in [-0.2, 0) is 81.5 Å². The van der Waals surface area contributed by atoms with Crippen molar-refractivity contribution in [2.45, 2.75) is 284 Å². The molecule has 0 aliphatic heterocycles. The summed E-state index contributed by atoms with van der Waals surface area (Å²) in [6.07, 6.45) is 2.40. The van der Waals surface area contributed by atoms with E-state index in [9.17, 15) is 96.8 Å². The van der Waals surface area contributed by atoms with Gasteiger partial charge in [0.25, 0.3) is 0 Å². The molecule has 0 spiro atoms. The average Bonchev–Trinajstić information content (AvgIpc) is 0.844. The number of amides is 16. The van der Waals surface area contributed by atoms with Gasteiger partial charge in [0.05, 0.1) is 32.3 Å². The molecule has 16 amide bonds. The summed E-state index contributed by atoms with van der Waals surface area (Å²) in [6.45, 7) is 20.2. The van der Waals surface area contributed by atoms with Crippen LogP contribution in [0, 0.1) is 41.4 Å². The number of rotatable bonds is 63. The van der Waals surface area contributed by atoms with Crippen molar-refractivity contribution in [1.82, 2.24) is 79.8 Å². The monoisotopic (exact) mass is 1750 g/mol. The molecule has 45 nitrogen and oxygen atoms in total. The zero-order valence-corrected chi connectivity index (χ0v) is 73.9. The normalized spacial score (nSPS) is 15.4. The van der Waals surface area contributed by atoms with Crippen LogP contribution in [0.5, 0.6) is 0 Å². The third-order valence-electron chi connectivity index (χ3n) is 20.3. The third kappa shape index (κ3) is 43.8. The van der Waals surface area contributed by atoms with Crippen LogP contribution in [0.2, 0.25) is 0 Å². The van der Waals surface area contributed by atoms with Gasteiger partial charge in [-0.1, -0.05) is 123 Å². The van der Waals surface area contributed by atoms with Gasteiger partial charge >= 0.3 is 5.97 Å². The minimum atomic E-state index is -1.71. The second kappa shape index (κ2) is 60.0. The summed E-state index contributed by atoms with van der Waals surface area (Å²) in [7, 11) is 0. The molecular formula is C78H145N25O20. The van der Waals surface area contributed by atoms with Gasteiger partial charge in [0.1, 0.15) is 78.5 Å². The van der Waals surface area contributed by atoms with E-state index in [4.69, 9.17) is 45.9 Å². The molecule has 0 aromatic heterocycles. The number of unbranched alkanes of at least 4 members (excludes halogenated alkanes) is 2. The molecule has 0 aromatic rings. The number of hydrogen-bond donors (Lipinski definition) is 26. The highest BCUT2D eigenvalue weighted by atomic mass is 16.4. The summed E-state index contributed by atoms with van der Waals surface area (Å²) >= 11 is 0. The number of primary amides is 1. The van der Waals surface area contributed by atoms with E-state index in [-0.39, 0.29) is 108 Å². The molecule has 0 aromatic carbocycles. The maximum atomic E-state index is 14.6. The minimum Gasteiger partial charge on any atom is -0.480 e. The number of nitrogens with two attached hydrogens (primary N) is 8. The molecule has 702 valence electrons. The van der Waals surface area contributed by atoms with Crippen LogP contribution in [0.4, 0.5) is 0 Å². The van der Waals surface area contributed by atoms with Crippen molar-refractivity contribution in [3.63, 3.8) is 0 Å². The Hall–Kier alpha value is -10.7. The van der Waals surface area contributed by atoms with Crippen LogP contribution in [0.3, 0.4) is 0 Å². The Bertz CT molecular complexity index is 3490. The molecule has 0 heterocycles. The molecule has 123 heavy (non-hydrogen) atoms. The molecular weight excluding hydrogens is 1610 g/mol. The maximum Gasteiger partial charge on any atom is 0.326 e. The van der Waals surface area contributed by atoms with Crippen LogP contribution in [0.25, 0.3) is 0 Å². The van der Waals surface area contributed by atoms with E-state index in [0.717, 1.165) is 0 Å². The van der Waals surface area contributed by atoms with E-state index in [0.29, 0.717) is 38.6 Å². The number of carbonyl (C=O) groups is 17. The first-order valence-electron chi connectivity index (χ1n) is 42.2. The number of hydrogen-bond acceptors (Lipinski definition) is 24. The third-order valence-corrected chi connectivity index (χ3v) is 20.3. The lowest BCUT2D eigenvalue weighted by Crippen LogP contribution is -2.62. The highest BCUT2D eigenvalue weighted by molar-refractivity contribution is 6.01. The van der Waals surface area contributed by atoms with Crippen LogP contribution in [-0.4, -0.2) is 265 Å². The van der Waals surface area contributed by atoms with E-state index in [1.165, 1.54) is 0 Å². The number of aliphatic hydroxyl groups excluding tert-OH is 2. The van der Waals surface area contributed by atoms with E-state index in [1.807, 2.05) is 0 Å². The van der Waals surface area contributed by atoms with Gasteiger partial charge in [-0.25, -0.2) is 4.79 Å². The van der Waals surface area contributed by atoms with Crippen LogP contribution in [0.15, 0.2) is 9.98 Å². The fraction of sp³-hybridized carbons (Fsp3) is 0.756. The van der Waals surface area contributed by atoms with Crippen LogP contribution in [0.1, 0.15) is 200 Å². The number of guanidine groups is 2. The molecule has 0 rings (SSSR count). The van der Waals surface area contributed by atoms with Gasteiger partial charge in [-0.3, -0.25) is 86.7 Å². The van der Waals surface area contributed by atoms with Gasteiger partial charge in [-0.2, -0.15) is 0 Å².